The summed E-state index contributed by atoms with van der Waals surface area (Å²) in [6.07, 6.45) is 0. The van der Waals surface area contributed by atoms with Crippen molar-refractivity contribution in [3.8, 4) is 0 Å². The summed E-state index contributed by atoms with van der Waals surface area (Å²) in [6.45, 7) is 5.06. The monoisotopic (exact) mass is 292 g/mol. The van der Waals surface area contributed by atoms with Gasteiger partial charge in [-0.05, 0) is 25.1 Å². The molecule has 1 aromatic rings. The molecule has 0 saturated carbocycles. The molecular formula is C14H20N4O3. The Hall–Kier alpha value is -2.57. The van der Waals surface area contributed by atoms with Crippen LogP contribution < -0.4 is 21.7 Å². The molecule has 0 saturated heterocycles. The zero-order valence-electron chi connectivity index (χ0n) is 12.3. The first-order valence-electron chi connectivity index (χ1n) is 6.57. The molecule has 0 aliphatic heterocycles. The van der Waals surface area contributed by atoms with Crippen LogP contribution in [0.5, 0.6) is 0 Å². The second-order valence-corrected chi connectivity index (χ2v) is 4.95. The number of hydrogen-bond acceptors (Lipinski definition) is 3. The lowest BCUT2D eigenvalue weighted by atomic mass is 10.2. The molecule has 0 spiro atoms. The summed E-state index contributed by atoms with van der Waals surface area (Å²) in [5.74, 6) is -0.872. The van der Waals surface area contributed by atoms with Gasteiger partial charge < -0.3 is 21.7 Å². The number of primary amides is 1. The fourth-order valence-electron chi connectivity index (χ4n) is 1.40. The first kappa shape index (κ1) is 16.5. The molecule has 7 heteroatoms. The van der Waals surface area contributed by atoms with E-state index in [-0.39, 0.29) is 11.8 Å². The number of anilines is 2. The lowest BCUT2D eigenvalue weighted by Crippen LogP contribution is -2.44. The first-order chi connectivity index (χ1) is 9.79. The van der Waals surface area contributed by atoms with Crippen LogP contribution in [0, 0.1) is 5.92 Å². The van der Waals surface area contributed by atoms with Crippen LogP contribution in [-0.4, -0.2) is 23.9 Å². The minimum atomic E-state index is -0.770. The highest BCUT2D eigenvalue weighted by Gasteiger charge is 2.12. The van der Waals surface area contributed by atoms with Crippen LogP contribution in [0.25, 0.3) is 0 Å². The van der Waals surface area contributed by atoms with Crippen LogP contribution in [0.4, 0.5) is 16.2 Å². The van der Waals surface area contributed by atoms with E-state index in [9.17, 15) is 14.4 Å². The average molecular weight is 292 g/mol. The molecule has 0 radical (unpaired) electrons. The largest absolute Gasteiger partial charge is 0.368 e. The molecule has 114 valence electrons. The maximum absolute atomic E-state index is 11.7. The predicted molar refractivity (Wildman–Crippen MR) is 80.7 cm³/mol. The third kappa shape index (κ3) is 5.52. The molecule has 0 aromatic heterocycles. The lowest BCUT2D eigenvalue weighted by Gasteiger charge is -2.13. The van der Waals surface area contributed by atoms with Gasteiger partial charge in [0, 0.05) is 17.3 Å². The van der Waals surface area contributed by atoms with Crippen molar-refractivity contribution in [2.75, 3.05) is 10.6 Å². The minimum absolute atomic E-state index is 0.112. The molecule has 0 fully saturated rings. The van der Waals surface area contributed by atoms with Gasteiger partial charge in [0.15, 0.2) is 0 Å². The second kappa shape index (κ2) is 7.28. The van der Waals surface area contributed by atoms with Crippen molar-refractivity contribution in [3.05, 3.63) is 24.3 Å². The molecule has 0 bridgehead atoms. The van der Waals surface area contributed by atoms with E-state index < -0.39 is 18.0 Å². The highest BCUT2D eigenvalue weighted by atomic mass is 16.2. The van der Waals surface area contributed by atoms with Gasteiger partial charge in [0.1, 0.15) is 6.04 Å². The Labute approximate surface area is 123 Å². The molecule has 0 aliphatic carbocycles. The Morgan fingerprint density at radius 3 is 2.14 bits per heavy atom. The number of carbonyl (C=O) groups is 3. The Morgan fingerprint density at radius 2 is 1.62 bits per heavy atom. The molecule has 5 N–H and O–H groups in total. The quantitative estimate of drug-likeness (QED) is 0.655. The molecule has 7 nitrogen and oxygen atoms in total. The van der Waals surface area contributed by atoms with Gasteiger partial charge in [-0.25, -0.2) is 4.79 Å². The summed E-state index contributed by atoms with van der Waals surface area (Å²) in [6, 6.07) is 5.38. The maximum Gasteiger partial charge on any atom is 0.319 e. The number of nitrogens with two attached hydrogens (primary N) is 1. The van der Waals surface area contributed by atoms with Gasteiger partial charge in [-0.3, -0.25) is 9.59 Å². The molecule has 1 rings (SSSR count). The van der Waals surface area contributed by atoms with Crippen molar-refractivity contribution in [1.82, 2.24) is 5.32 Å². The molecule has 4 amide bonds. The summed E-state index contributed by atoms with van der Waals surface area (Å²) in [5.41, 5.74) is 6.13. The van der Waals surface area contributed by atoms with E-state index in [1.807, 2.05) is 0 Å². The summed E-state index contributed by atoms with van der Waals surface area (Å²) in [5, 5.41) is 7.69. The van der Waals surface area contributed by atoms with Gasteiger partial charge >= 0.3 is 6.03 Å². The zero-order valence-corrected chi connectivity index (χ0v) is 12.3. The van der Waals surface area contributed by atoms with Crippen molar-refractivity contribution in [2.45, 2.75) is 26.8 Å². The van der Waals surface area contributed by atoms with E-state index in [1.54, 1.807) is 38.1 Å². The number of urea groups is 1. The van der Waals surface area contributed by atoms with Gasteiger partial charge in [0.05, 0.1) is 0 Å². The number of benzene rings is 1. The number of rotatable bonds is 5. The first-order valence-corrected chi connectivity index (χ1v) is 6.57. The van der Waals surface area contributed by atoms with Crippen molar-refractivity contribution in [3.63, 3.8) is 0 Å². The van der Waals surface area contributed by atoms with Crippen molar-refractivity contribution in [2.24, 2.45) is 11.7 Å². The summed E-state index contributed by atoms with van der Waals surface area (Å²) >= 11 is 0. The van der Waals surface area contributed by atoms with Crippen molar-refractivity contribution < 1.29 is 14.4 Å². The van der Waals surface area contributed by atoms with Crippen LogP contribution in [0.1, 0.15) is 20.8 Å². The van der Waals surface area contributed by atoms with Crippen LogP contribution in [-0.2, 0) is 9.59 Å². The fourth-order valence-corrected chi connectivity index (χ4v) is 1.40. The number of hydrogen-bond donors (Lipinski definition) is 4. The van der Waals surface area contributed by atoms with Gasteiger partial charge in [-0.2, -0.15) is 0 Å². The van der Waals surface area contributed by atoms with E-state index >= 15 is 0 Å². The molecule has 1 aromatic carbocycles. The van der Waals surface area contributed by atoms with Crippen molar-refractivity contribution in [1.29, 1.82) is 0 Å². The van der Waals surface area contributed by atoms with Crippen LogP contribution in [0.2, 0.25) is 0 Å². The highest BCUT2D eigenvalue weighted by molar-refractivity contribution is 5.95. The normalized spacial score (nSPS) is 11.6. The Morgan fingerprint density at radius 1 is 1.05 bits per heavy atom. The van der Waals surface area contributed by atoms with Gasteiger partial charge in [-0.15, -0.1) is 0 Å². The van der Waals surface area contributed by atoms with Crippen molar-refractivity contribution >= 4 is 29.2 Å². The van der Waals surface area contributed by atoms with Crippen LogP contribution >= 0.6 is 0 Å². The average Bonchev–Trinajstić information content (AvgIpc) is 2.38. The van der Waals surface area contributed by atoms with Gasteiger partial charge in [0.2, 0.25) is 11.8 Å². The van der Waals surface area contributed by atoms with Crippen LogP contribution in [0.15, 0.2) is 24.3 Å². The van der Waals surface area contributed by atoms with E-state index in [0.717, 1.165) is 0 Å². The molecule has 0 aliphatic rings. The standard InChI is InChI=1S/C14H20N4O3/c1-8(2)13(20)17-10-5-4-6-11(7-10)18-14(21)16-9(3)12(15)19/h4-9H,1-3H3,(H2,15,19)(H,17,20)(H2,16,18,21)/t9-/m0/s1. The van der Waals surface area contributed by atoms with Crippen LogP contribution in [0.3, 0.4) is 0 Å². The highest BCUT2D eigenvalue weighted by Crippen LogP contribution is 2.15. The fraction of sp³-hybridized carbons (Fsp3) is 0.357. The topological polar surface area (TPSA) is 113 Å². The summed E-state index contributed by atoms with van der Waals surface area (Å²) in [7, 11) is 0. The number of nitrogens with one attached hydrogen (secondary N) is 3. The van der Waals surface area contributed by atoms with E-state index in [4.69, 9.17) is 5.73 Å². The zero-order chi connectivity index (χ0) is 16.0. The Bertz CT molecular complexity index is 543. The number of carbonyl (C=O) groups excluding carboxylic acids is 3. The Kier molecular flexibility index (Phi) is 5.71. The molecule has 0 unspecified atom stereocenters. The molecular weight excluding hydrogens is 272 g/mol. The second-order valence-electron chi connectivity index (χ2n) is 4.95. The smallest absolute Gasteiger partial charge is 0.319 e. The third-order valence-electron chi connectivity index (χ3n) is 2.69. The third-order valence-corrected chi connectivity index (χ3v) is 2.69. The summed E-state index contributed by atoms with van der Waals surface area (Å²) < 4.78 is 0. The summed E-state index contributed by atoms with van der Waals surface area (Å²) in [4.78, 5) is 34.1. The maximum atomic E-state index is 11.7. The van der Waals surface area contributed by atoms with Gasteiger partial charge in [-0.1, -0.05) is 19.9 Å². The number of amides is 4. The predicted octanol–water partition coefficient (Wildman–Crippen LogP) is 1.28. The minimum Gasteiger partial charge on any atom is -0.368 e. The van der Waals surface area contributed by atoms with E-state index in [1.165, 1.54) is 6.92 Å². The SMILES string of the molecule is CC(C)C(=O)Nc1cccc(NC(=O)N[C@@H](C)C(N)=O)c1. The van der Waals surface area contributed by atoms with E-state index in [2.05, 4.69) is 16.0 Å². The molecule has 0 heterocycles. The lowest BCUT2D eigenvalue weighted by molar-refractivity contribution is -0.119. The van der Waals surface area contributed by atoms with Gasteiger partial charge in [0.25, 0.3) is 0 Å². The Balaban J connectivity index is 2.66. The molecule has 1 atom stereocenters. The van der Waals surface area contributed by atoms with E-state index in [0.29, 0.717) is 11.4 Å². The molecule has 21 heavy (non-hydrogen) atoms.